The molecule has 1 aromatic rings. The molecule has 0 aromatic heterocycles. The normalized spacial score (nSPS) is 17.7. The third-order valence-electron chi connectivity index (χ3n) is 3.36. The molecule has 0 saturated heterocycles. The van der Waals surface area contributed by atoms with Gasteiger partial charge in [-0.25, -0.2) is 0 Å². The Morgan fingerprint density at radius 3 is 2.26 bits per heavy atom. The van der Waals surface area contributed by atoms with Crippen LogP contribution in [0.5, 0.6) is 0 Å². The van der Waals surface area contributed by atoms with Gasteiger partial charge in [0.1, 0.15) is 0 Å². The zero-order valence-electron chi connectivity index (χ0n) is 10.3. The highest BCUT2D eigenvalue weighted by molar-refractivity contribution is 5.91. The Kier molecular flexibility index (Phi) is 3.54. The Morgan fingerprint density at radius 2 is 1.84 bits per heavy atom. The van der Waals surface area contributed by atoms with E-state index in [1.807, 2.05) is 0 Å². The molecular weight excluding hydrogens is 257 g/mol. The van der Waals surface area contributed by atoms with Crippen molar-refractivity contribution in [2.24, 2.45) is 5.73 Å². The number of halogens is 3. The molecule has 3 N–H and O–H groups in total. The number of nitrogens with two attached hydrogens (primary N) is 1. The molecule has 6 heteroatoms. The molecule has 0 bridgehead atoms. The molecule has 0 radical (unpaired) electrons. The first kappa shape index (κ1) is 13.9. The van der Waals surface area contributed by atoms with Crippen molar-refractivity contribution >= 4 is 11.6 Å². The van der Waals surface area contributed by atoms with E-state index in [2.05, 4.69) is 5.32 Å². The highest BCUT2D eigenvalue weighted by Gasteiger charge is 2.34. The van der Waals surface area contributed by atoms with E-state index in [4.69, 9.17) is 5.73 Å². The summed E-state index contributed by atoms with van der Waals surface area (Å²) in [4.78, 5) is 11.7. The van der Waals surface area contributed by atoms with Gasteiger partial charge in [0.2, 0.25) is 5.91 Å². The Labute approximate surface area is 109 Å². The van der Waals surface area contributed by atoms with Crippen LogP contribution in [0.2, 0.25) is 0 Å². The lowest BCUT2D eigenvalue weighted by Crippen LogP contribution is -2.48. The van der Waals surface area contributed by atoms with Gasteiger partial charge in [-0.1, -0.05) is 0 Å². The summed E-state index contributed by atoms with van der Waals surface area (Å²) in [6.45, 7) is 0. The van der Waals surface area contributed by atoms with Gasteiger partial charge in [0.15, 0.2) is 0 Å². The third-order valence-corrected chi connectivity index (χ3v) is 3.36. The Bertz CT molecular complexity index is 464. The summed E-state index contributed by atoms with van der Waals surface area (Å²) in [7, 11) is 0. The van der Waals surface area contributed by atoms with E-state index in [0.717, 1.165) is 31.4 Å². The smallest absolute Gasteiger partial charge is 0.326 e. The van der Waals surface area contributed by atoms with E-state index in [0.29, 0.717) is 5.69 Å². The van der Waals surface area contributed by atoms with Crippen molar-refractivity contribution in [3.8, 4) is 0 Å². The van der Waals surface area contributed by atoms with Crippen molar-refractivity contribution in [3.63, 3.8) is 0 Å². The van der Waals surface area contributed by atoms with Crippen LogP contribution in [0, 0.1) is 0 Å². The molecule has 0 aliphatic heterocycles. The number of carbonyl (C=O) groups is 1. The van der Waals surface area contributed by atoms with Crippen molar-refractivity contribution < 1.29 is 18.0 Å². The number of benzene rings is 1. The molecule has 1 aliphatic rings. The van der Waals surface area contributed by atoms with Gasteiger partial charge in [-0.15, -0.1) is 0 Å². The number of alkyl halides is 3. The summed E-state index contributed by atoms with van der Waals surface area (Å²) in [6, 6.07) is 4.36. The Hall–Kier alpha value is -1.56. The molecule has 2 rings (SSSR count). The number of nitrogens with one attached hydrogen (secondary N) is 1. The molecule has 0 unspecified atom stereocenters. The zero-order valence-corrected chi connectivity index (χ0v) is 10.3. The molecule has 104 valence electrons. The van der Waals surface area contributed by atoms with Crippen LogP contribution in [0.3, 0.4) is 0 Å². The number of rotatable bonds is 3. The van der Waals surface area contributed by atoms with E-state index >= 15 is 0 Å². The Morgan fingerprint density at radius 1 is 1.26 bits per heavy atom. The summed E-state index contributed by atoms with van der Waals surface area (Å²) in [5.74, 6) is -0.262. The van der Waals surface area contributed by atoms with Crippen molar-refractivity contribution in [1.82, 2.24) is 0 Å². The molecule has 3 nitrogen and oxygen atoms in total. The number of hydrogen-bond acceptors (Lipinski definition) is 2. The quantitative estimate of drug-likeness (QED) is 0.889. The van der Waals surface area contributed by atoms with E-state index in [1.54, 1.807) is 0 Å². The van der Waals surface area contributed by atoms with Crippen molar-refractivity contribution in [1.29, 1.82) is 0 Å². The largest absolute Gasteiger partial charge is 0.416 e. The van der Waals surface area contributed by atoms with Crippen LogP contribution in [-0.2, 0) is 11.0 Å². The first-order chi connectivity index (χ1) is 8.78. The second-order valence-corrected chi connectivity index (χ2v) is 5.02. The van der Waals surface area contributed by atoms with Gasteiger partial charge >= 0.3 is 6.18 Å². The SMILES string of the molecule is NC1(CC(=O)Nc2ccc(C(F)(F)F)cc2)CCC1. The summed E-state index contributed by atoms with van der Waals surface area (Å²) < 4.78 is 37.1. The second kappa shape index (κ2) is 4.85. The maximum Gasteiger partial charge on any atom is 0.416 e. The molecule has 0 atom stereocenters. The van der Waals surface area contributed by atoms with E-state index in [1.165, 1.54) is 12.1 Å². The topological polar surface area (TPSA) is 55.1 Å². The number of amides is 1. The summed E-state index contributed by atoms with van der Waals surface area (Å²) in [5.41, 5.74) is 5.11. The highest BCUT2D eigenvalue weighted by atomic mass is 19.4. The van der Waals surface area contributed by atoms with Gasteiger partial charge in [0.25, 0.3) is 0 Å². The molecule has 0 heterocycles. The minimum atomic E-state index is -4.37. The van der Waals surface area contributed by atoms with Crippen LogP contribution in [0.25, 0.3) is 0 Å². The van der Waals surface area contributed by atoms with Gasteiger partial charge in [0, 0.05) is 17.6 Å². The Balaban J connectivity index is 1.94. The molecule has 0 spiro atoms. The van der Waals surface area contributed by atoms with Crippen LogP contribution >= 0.6 is 0 Å². The number of hydrogen-bond donors (Lipinski definition) is 2. The van der Waals surface area contributed by atoms with Crippen molar-refractivity contribution in [2.45, 2.75) is 37.4 Å². The highest BCUT2D eigenvalue weighted by Crippen LogP contribution is 2.33. The molecule has 1 aromatic carbocycles. The van der Waals surface area contributed by atoms with Crippen molar-refractivity contribution in [2.75, 3.05) is 5.32 Å². The van der Waals surface area contributed by atoms with Crippen LogP contribution in [0.15, 0.2) is 24.3 Å². The molecule has 1 saturated carbocycles. The molecular formula is C13H15F3N2O. The van der Waals surface area contributed by atoms with Crippen LogP contribution in [0.4, 0.5) is 18.9 Å². The lowest BCUT2D eigenvalue weighted by atomic mass is 9.75. The zero-order chi connectivity index (χ0) is 14.1. The van der Waals surface area contributed by atoms with Gasteiger partial charge < -0.3 is 11.1 Å². The summed E-state index contributed by atoms with van der Waals surface area (Å²) in [5, 5.41) is 2.56. The fraction of sp³-hybridized carbons (Fsp3) is 0.462. The molecule has 1 aliphatic carbocycles. The minimum Gasteiger partial charge on any atom is -0.326 e. The summed E-state index contributed by atoms with van der Waals surface area (Å²) >= 11 is 0. The maximum atomic E-state index is 12.4. The van der Waals surface area contributed by atoms with Gasteiger partial charge in [-0.05, 0) is 43.5 Å². The predicted octanol–water partition coefficient (Wildman–Crippen LogP) is 2.92. The number of anilines is 1. The maximum absolute atomic E-state index is 12.4. The third kappa shape index (κ3) is 3.47. The van der Waals surface area contributed by atoms with Crippen LogP contribution in [-0.4, -0.2) is 11.4 Å². The monoisotopic (exact) mass is 272 g/mol. The van der Waals surface area contributed by atoms with Gasteiger partial charge in [-0.2, -0.15) is 13.2 Å². The molecule has 1 fully saturated rings. The second-order valence-electron chi connectivity index (χ2n) is 5.02. The number of carbonyl (C=O) groups excluding carboxylic acids is 1. The predicted molar refractivity (Wildman–Crippen MR) is 65.5 cm³/mol. The van der Waals surface area contributed by atoms with Crippen LogP contribution in [0.1, 0.15) is 31.2 Å². The van der Waals surface area contributed by atoms with Gasteiger partial charge in [0.05, 0.1) is 5.56 Å². The molecule has 1 amide bonds. The van der Waals surface area contributed by atoms with E-state index in [9.17, 15) is 18.0 Å². The standard InChI is InChI=1S/C13H15F3N2O/c14-13(15,16)9-2-4-10(5-3-9)18-11(19)8-12(17)6-1-7-12/h2-5H,1,6-8,17H2,(H,18,19). The summed E-state index contributed by atoms with van der Waals surface area (Å²) in [6.07, 6.45) is -1.52. The lowest BCUT2D eigenvalue weighted by Gasteiger charge is -2.37. The van der Waals surface area contributed by atoms with Crippen molar-refractivity contribution in [3.05, 3.63) is 29.8 Å². The van der Waals surface area contributed by atoms with Gasteiger partial charge in [-0.3, -0.25) is 4.79 Å². The van der Waals surface area contributed by atoms with Crippen LogP contribution < -0.4 is 11.1 Å². The lowest BCUT2D eigenvalue weighted by molar-refractivity contribution is -0.137. The molecule has 19 heavy (non-hydrogen) atoms. The first-order valence-electron chi connectivity index (χ1n) is 6.05. The first-order valence-corrected chi connectivity index (χ1v) is 6.05. The minimum absolute atomic E-state index is 0.202. The average Bonchev–Trinajstić information content (AvgIpc) is 2.26. The fourth-order valence-electron chi connectivity index (χ4n) is 2.08. The average molecular weight is 272 g/mol. The van der Waals surface area contributed by atoms with E-state index in [-0.39, 0.29) is 12.3 Å². The van der Waals surface area contributed by atoms with E-state index < -0.39 is 17.3 Å². The fourth-order valence-corrected chi connectivity index (χ4v) is 2.08.